The van der Waals surface area contributed by atoms with Crippen molar-refractivity contribution in [1.29, 1.82) is 0 Å². The lowest BCUT2D eigenvalue weighted by atomic mass is 9.86. The molecule has 3 rings (SSSR count). The Morgan fingerprint density at radius 2 is 2.06 bits per heavy atom. The molecule has 2 heterocycles. The van der Waals surface area contributed by atoms with Crippen LogP contribution in [0, 0.1) is 5.92 Å². The Kier molecular flexibility index (Phi) is 2.28. The quantitative estimate of drug-likeness (QED) is 0.734. The fourth-order valence-corrected chi connectivity index (χ4v) is 2.47. The van der Waals surface area contributed by atoms with E-state index in [9.17, 15) is 9.59 Å². The molecule has 1 aromatic carbocycles. The van der Waals surface area contributed by atoms with E-state index in [0.717, 1.165) is 11.1 Å². The maximum Gasteiger partial charge on any atom is 0.232 e. The average molecular weight is 228 g/mol. The molecule has 0 aromatic heterocycles. The molecular weight excluding hydrogens is 216 g/mol. The van der Waals surface area contributed by atoms with Gasteiger partial charge in [0, 0.05) is 12.6 Å². The zero-order valence-electron chi connectivity index (χ0n) is 9.22. The number of nitrogens with zero attached hydrogens (tertiary/aromatic N) is 1. The molecule has 2 aliphatic heterocycles. The Morgan fingerprint density at radius 1 is 1.24 bits per heavy atom. The Labute approximate surface area is 98.7 Å². The normalized spacial score (nSPS) is 26.8. The maximum atomic E-state index is 11.8. The first-order chi connectivity index (χ1) is 8.25. The number of piperidine rings is 1. The summed E-state index contributed by atoms with van der Waals surface area (Å²) >= 11 is 0. The van der Waals surface area contributed by atoms with Gasteiger partial charge in [0.2, 0.25) is 11.8 Å². The molecule has 0 radical (unpaired) electrons. The molecule has 0 saturated carbocycles. The summed E-state index contributed by atoms with van der Waals surface area (Å²) in [5.41, 5.74) is 2.16. The van der Waals surface area contributed by atoms with Gasteiger partial charge in [0.1, 0.15) is 0 Å². The monoisotopic (exact) mass is 228 g/mol. The lowest BCUT2D eigenvalue weighted by Crippen LogP contribution is -2.42. The molecule has 2 aliphatic rings. The van der Waals surface area contributed by atoms with Gasteiger partial charge in [0.15, 0.2) is 0 Å². The summed E-state index contributed by atoms with van der Waals surface area (Å²) in [6, 6.07) is 7.77. The van der Waals surface area contributed by atoms with Crippen molar-refractivity contribution in [2.45, 2.75) is 18.9 Å². The minimum Gasteiger partial charge on any atom is -0.296 e. The standard InChI is InChI=1S/C13H12N2O2/c16-11-6-5-10(13(17)15-11)12-9-4-2-1-3-8(9)7-14-12/h1-4,7,10,12H,5-6H2,(H,15,16,17). The summed E-state index contributed by atoms with van der Waals surface area (Å²) in [5, 5.41) is 2.39. The molecular formula is C13H12N2O2. The summed E-state index contributed by atoms with van der Waals surface area (Å²) in [7, 11) is 0. The number of hydrogen-bond donors (Lipinski definition) is 1. The van der Waals surface area contributed by atoms with Crippen molar-refractivity contribution in [3.05, 3.63) is 35.4 Å². The van der Waals surface area contributed by atoms with Gasteiger partial charge in [-0.3, -0.25) is 19.9 Å². The highest BCUT2D eigenvalue weighted by molar-refractivity contribution is 5.99. The highest BCUT2D eigenvalue weighted by atomic mass is 16.2. The first-order valence-corrected chi connectivity index (χ1v) is 5.71. The highest BCUT2D eigenvalue weighted by Crippen LogP contribution is 2.36. The second-order valence-electron chi connectivity index (χ2n) is 4.41. The molecule has 2 unspecified atom stereocenters. The second-order valence-corrected chi connectivity index (χ2v) is 4.41. The van der Waals surface area contributed by atoms with Gasteiger partial charge in [0.25, 0.3) is 0 Å². The average Bonchev–Trinajstić information content (AvgIpc) is 2.73. The first-order valence-electron chi connectivity index (χ1n) is 5.71. The van der Waals surface area contributed by atoms with Crippen LogP contribution in [0.3, 0.4) is 0 Å². The lowest BCUT2D eigenvalue weighted by Gasteiger charge is -2.25. The number of fused-ring (bicyclic) bond motifs is 1. The molecule has 4 heteroatoms. The molecule has 1 N–H and O–H groups in total. The molecule has 2 amide bonds. The minimum absolute atomic E-state index is 0.126. The van der Waals surface area contributed by atoms with Crippen molar-refractivity contribution >= 4 is 18.0 Å². The van der Waals surface area contributed by atoms with Gasteiger partial charge in [0.05, 0.1) is 12.0 Å². The SMILES string of the molecule is O=C1CCC(C2N=Cc3ccccc32)C(=O)N1. The largest absolute Gasteiger partial charge is 0.296 e. The van der Waals surface area contributed by atoms with Crippen LogP contribution in [0.15, 0.2) is 29.3 Å². The van der Waals surface area contributed by atoms with Gasteiger partial charge in [-0.1, -0.05) is 24.3 Å². The molecule has 0 aliphatic carbocycles. The molecule has 17 heavy (non-hydrogen) atoms. The summed E-state index contributed by atoms with van der Waals surface area (Å²) in [4.78, 5) is 27.3. The summed E-state index contributed by atoms with van der Waals surface area (Å²) in [5.74, 6) is -0.589. The van der Waals surface area contributed by atoms with E-state index in [4.69, 9.17) is 0 Å². The van der Waals surface area contributed by atoms with Crippen LogP contribution in [0.25, 0.3) is 0 Å². The number of carbonyl (C=O) groups is 2. The van der Waals surface area contributed by atoms with E-state index in [1.165, 1.54) is 0 Å². The predicted molar refractivity (Wildman–Crippen MR) is 62.7 cm³/mol. The third-order valence-corrected chi connectivity index (χ3v) is 3.35. The maximum absolute atomic E-state index is 11.8. The molecule has 2 atom stereocenters. The van der Waals surface area contributed by atoms with Crippen LogP contribution in [0.2, 0.25) is 0 Å². The van der Waals surface area contributed by atoms with Crippen LogP contribution in [-0.4, -0.2) is 18.0 Å². The third kappa shape index (κ3) is 1.65. The van der Waals surface area contributed by atoms with E-state index in [1.54, 1.807) is 0 Å². The van der Waals surface area contributed by atoms with Crippen molar-refractivity contribution in [2.75, 3.05) is 0 Å². The zero-order valence-corrected chi connectivity index (χ0v) is 9.22. The fourth-order valence-electron chi connectivity index (χ4n) is 2.47. The number of benzene rings is 1. The van der Waals surface area contributed by atoms with Gasteiger partial charge >= 0.3 is 0 Å². The smallest absolute Gasteiger partial charge is 0.232 e. The Morgan fingerprint density at radius 3 is 2.88 bits per heavy atom. The van der Waals surface area contributed by atoms with E-state index in [0.29, 0.717) is 12.8 Å². The van der Waals surface area contributed by atoms with E-state index in [-0.39, 0.29) is 23.8 Å². The first kappa shape index (κ1) is 10.2. The molecule has 1 saturated heterocycles. The Bertz CT molecular complexity index is 522. The third-order valence-electron chi connectivity index (χ3n) is 3.35. The number of imide groups is 1. The van der Waals surface area contributed by atoms with Gasteiger partial charge in [-0.25, -0.2) is 0 Å². The molecule has 0 bridgehead atoms. The van der Waals surface area contributed by atoms with Crippen LogP contribution >= 0.6 is 0 Å². The molecule has 86 valence electrons. The number of rotatable bonds is 1. The summed E-state index contributed by atoms with van der Waals surface area (Å²) in [6.07, 6.45) is 2.80. The van der Waals surface area contributed by atoms with Gasteiger partial charge < -0.3 is 0 Å². The topological polar surface area (TPSA) is 58.5 Å². The van der Waals surface area contributed by atoms with E-state index >= 15 is 0 Å². The van der Waals surface area contributed by atoms with Gasteiger partial charge in [-0.2, -0.15) is 0 Å². The highest BCUT2D eigenvalue weighted by Gasteiger charge is 2.36. The number of hydrogen-bond acceptors (Lipinski definition) is 3. The van der Waals surface area contributed by atoms with Crippen LogP contribution in [0.4, 0.5) is 0 Å². The minimum atomic E-state index is -0.215. The van der Waals surface area contributed by atoms with Crippen molar-refractivity contribution < 1.29 is 9.59 Å². The van der Waals surface area contributed by atoms with Crippen molar-refractivity contribution in [3.8, 4) is 0 Å². The predicted octanol–water partition coefficient (Wildman–Crippen LogP) is 1.21. The molecule has 0 spiro atoms. The molecule has 1 fully saturated rings. The summed E-state index contributed by atoms with van der Waals surface area (Å²) in [6.45, 7) is 0. The number of amides is 2. The lowest BCUT2D eigenvalue weighted by molar-refractivity contribution is -0.136. The van der Waals surface area contributed by atoms with E-state index in [2.05, 4.69) is 10.3 Å². The van der Waals surface area contributed by atoms with Crippen LogP contribution < -0.4 is 5.32 Å². The zero-order chi connectivity index (χ0) is 11.8. The van der Waals surface area contributed by atoms with Crippen LogP contribution in [-0.2, 0) is 9.59 Å². The van der Waals surface area contributed by atoms with Gasteiger partial charge in [-0.05, 0) is 17.5 Å². The second kappa shape index (κ2) is 3.80. The van der Waals surface area contributed by atoms with Crippen molar-refractivity contribution in [2.24, 2.45) is 10.9 Å². The van der Waals surface area contributed by atoms with E-state index in [1.807, 2.05) is 30.5 Å². The van der Waals surface area contributed by atoms with Crippen molar-refractivity contribution in [3.63, 3.8) is 0 Å². The van der Waals surface area contributed by atoms with E-state index < -0.39 is 0 Å². The molecule has 4 nitrogen and oxygen atoms in total. The van der Waals surface area contributed by atoms with Crippen molar-refractivity contribution in [1.82, 2.24) is 5.32 Å². The number of aliphatic imine (C=N–C) groups is 1. The van der Waals surface area contributed by atoms with Crippen LogP contribution in [0.5, 0.6) is 0 Å². The number of carbonyl (C=O) groups excluding carboxylic acids is 2. The van der Waals surface area contributed by atoms with Crippen LogP contribution in [0.1, 0.15) is 30.0 Å². The number of nitrogens with one attached hydrogen (secondary N) is 1. The Hall–Kier alpha value is -1.97. The molecule has 1 aromatic rings. The van der Waals surface area contributed by atoms with Gasteiger partial charge in [-0.15, -0.1) is 0 Å². The summed E-state index contributed by atoms with van der Waals surface area (Å²) < 4.78 is 0. The Balaban J connectivity index is 1.90. The fraction of sp³-hybridized carbons (Fsp3) is 0.308.